The van der Waals surface area contributed by atoms with Crippen LogP contribution in [0.3, 0.4) is 0 Å². The molecule has 4 aliphatic rings. The summed E-state index contributed by atoms with van der Waals surface area (Å²) in [6.45, 7) is 4.47. The predicted octanol–water partition coefficient (Wildman–Crippen LogP) is 0.930. The van der Waals surface area contributed by atoms with Crippen molar-refractivity contribution >= 4 is 28.9 Å². The molecule has 2 saturated heterocycles. The molecule has 6 nitrogen and oxygen atoms in total. The van der Waals surface area contributed by atoms with Gasteiger partial charge >= 0.3 is 0 Å². The molecule has 0 aromatic carbocycles. The molecule has 1 aliphatic carbocycles. The number of amides is 1. The number of hydrogen-bond acceptors (Lipinski definition) is 5. The Morgan fingerprint density at radius 3 is 2.88 bits per heavy atom. The molecule has 2 unspecified atom stereocenters. The SMILES string of the molecule is O=C1C2=CC(N3CCOCC3)C=CC2=NC(=S)N1CC1CCCO1. The molecule has 0 aromatic heterocycles. The first-order valence-corrected chi connectivity index (χ1v) is 8.91. The van der Waals surface area contributed by atoms with E-state index in [2.05, 4.69) is 16.0 Å². The first kappa shape index (κ1) is 16.1. The molecule has 128 valence electrons. The summed E-state index contributed by atoms with van der Waals surface area (Å²) < 4.78 is 11.1. The maximum Gasteiger partial charge on any atom is 0.262 e. The molecule has 2 fully saturated rings. The van der Waals surface area contributed by atoms with E-state index >= 15 is 0 Å². The van der Waals surface area contributed by atoms with Gasteiger partial charge in [0, 0.05) is 25.7 Å². The van der Waals surface area contributed by atoms with Crippen molar-refractivity contribution in [3.8, 4) is 0 Å². The van der Waals surface area contributed by atoms with Gasteiger partial charge in [0.2, 0.25) is 5.11 Å². The van der Waals surface area contributed by atoms with Gasteiger partial charge in [0.05, 0.1) is 37.1 Å². The summed E-state index contributed by atoms with van der Waals surface area (Å²) in [4.78, 5) is 21.3. The van der Waals surface area contributed by atoms with Gasteiger partial charge in [-0.15, -0.1) is 0 Å². The molecule has 0 saturated carbocycles. The molecule has 2 atom stereocenters. The maximum atomic E-state index is 12.9. The van der Waals surface area contributed by atoms with Gasteiger partial charge in [-0.1, -0.05) is 6.08 Å². The second kappa shape index (κ2) is 6.84. The molecular formula is C17H21N3O3S. The highest BCUT2D eigenvalue weighted by molar-refractivity contribution is 7.80. The van der Waals surface area contributed by atoms with Crippen LogP contribution >= 0.6 is 12.2 Å². The van der Waals surface area contributed by atoms with E-state index in [9.17, 15) is 4.79 Å². The molecule has 4 rings (SSSR count). The van der Waals surface area contributed by atoms with Crippen molar-refractivity contribution in [1.29, 1.82) is 0 Å². The Hall–Kier alpha value is -1.41. The van der Waals surface area contributed by atoms with E-state index in [1.807, 2.05) is 12.2 Å². The van der Waals surface area contributed by atoms with E-state index in [0.29, 0.717) is 22.9 Å². The topological polar surface area (TPSA) is 54.4 Å². The lowest BCUT2D eigenvalue weighted by Crippen LogP contribution is -2.48. The Kier molecular flexibility index (Phi) is 4.58. The second-order valence-electron chi connectivity index (χ2n) is 6.41. The molecule has 24 heavy (non-hydrogen) atoms. The van der Waals surface area contributed by atoms with Crippen LogP contribution in [0.5, 0.6) is 0 Å². The standard InChI is InChI=1S/C17H21N3O3S/c21-16-14-10-12(19-5-8-22-9-6-19)3-4-15(14)18-17(24)20(16)11-13-2-1-7-23-13/h3-4,10,12-13H,1-2,5-9,11H2. The largest absolute Gasteiger partial charge is 0.379 e. The number of morpholine rings is 1. The molecule has 0 N–H and O–H groups in total. The Morgan fingerprint density at radius 1 is 1.29 bits per heavy atom. The van der Waals surface area contributed by atoms with E-state index in [1.54, 1.807) is 4.90 Å². The Balaban J connectivity index is 1.54. The minimum atomic E-state index is -0.0527. The Morgan fingerprint density at radius 2 is 2.12 bits per heavy atom. The lowest BCUT2D eigenvalue weighted by Gasteiger charge is -2.35. The van der Waals surface area contributed by atoms with Crippen molar-refractivity contribution in [2.24, 2.45) is 4.99 Å². The van der Waals surface area contributed by atoms with Crippen molar-refractivity contribution in [2.75, 3.05) is 39.5 Å². The average molecular weight is 347 g/mol. The van der Waals surface area contributed by atoms with Crippen LogP contribution < -0.4 is 0 Å². The lowest BCUT2D eigenvalue weighted by atomic mass is 9.96. The van der Waals surface area contributed by atoms with Gasteiger partial charge in [0.15, 0.2) is 0 Å². The normalized spacial score (nSPS) is 31.1. The zero-order valence-electron chi connectivity index (χ0n) is 13.5. The summed E-state index contributed by atoms with van der Waals surface area (Å²) in [6, 6.07) is 0.114. The minimum Gasteiger partial charge on any atom is -0.379 e. The molecular weight excluding hydrogens is 326 g/mol. The number of thiocarbonyl (C=S) groups is 1. The van der Waals surface area contributed by atoms with Gasteiger partial charge in [-0.25, -0.2) is 4.99 Å². The van der Waals surface area contributed by atoms with Gasteiger partial charge in [0.1, 0.15) is 0 Å². The van der Waals surface area contributed by atoms with E-state index < -0.39 is 0 Å². The maximum absolute atomic E-state index is 12.9. The summed E-state index contributed by atoms with van der Waals surface area (Å²) in [5.41, 5.74) is 1.33. The molecule has 7 heteroatoms. The van der Waals surface area contributed by atoms with E-state index in [1.165, 1.54) is 0 Å². The van der Waals surface area contributed by atoms with Crippen LogP contribution in [0.15, 0.2) is 28.8 Å². The number of allylic oxidation sites excluding steroid dienone is 1. The summed E-state index contributed by atoms with van der Waals surface area (Å²) in [6.07, 6.45) is 8.09. The van der Waals surface area contributed by atoms with Gasteiger partial charge in [-0.3, -0.25) is 14.6 Å². The number of ether oxygens (including phenoxy) is 2. The third-order valence-electron chi connectivity index (χ3n) is 4.86. The number of hydrogen-bond donors (Lipinski definition) is 0. The molecule has 3 aliphatic heterocycles. The summed E-state index contributed by atoms with van der Waals surface area (Å²) >= 11 is 5.34. The van der Waals surface area contributed by atoms with Crippen molar-refractivity contribution in [1.82, 2.24) is 9.80 Å². The van der Waals surface area contributed by atoms with Gasteiger partial charge < -0.3 is 9.47 Å². The lowest BCUT2D eigenvalue weighted by molar-refractivity contribution is -0.124. The van der Waals surface area contributed by atoms with Crippen molar-refractivity contribution in [2.45, 2.75) is 25.0 Å². The number of carbonyl (C=O) groups is 1. The first-order valence-electron chi connectivity index (χ1n) is 8.51. The van der Waals surface area contributed by atoms with Crippen molar-refractivity contribution in [3.63, 3.8) is 0 Å². The first-order chi connectivity index (χ1) is 11.7. The fraction of sp³-hybridized carbons (Fsp3) is 0.588. The van der Waals surface area contributed by atoms with Crippen LogP contribution in [0.25, 0.3) is 0 Å². The van der Waals surface area contributed by atoms with E-state index in [4.69, 9.17) is 21.7 Å². The summed E-state index contributed by atoms with van der Waals surface area (Å²) in [5, 5.41) is 0.345. The number of carbonyl (C=O) groups excluding carboxylic acids is 1. The van der Waals surface area contributed by atoms with Crippen LogP contribution in [-0.4, -0.2) is 78.1 Å². The third kappa shape index (κ3) is 3.09. The van der Waals surface area contributed by atoms with E-state index in [0.717, 1.165) is 45.8 Å². The Bertz CT molecular complexity index is 631. The van der Waals surface area contributed by atoms with Crippen LogP contribution in [-0.2, 0) is 14.3 Å². The highest BCUT2D eigenvalue weighted by Gasteiger charge is 2.34. The third-order valence-corrected chi connectivity index (χ3v) is 5.18. The van der Waals surface area contributed by atoms with Gasteiger partial charge in [0.25, 0.3) is 5.91 Å². The number of fused-ring (bicyclic) bond motifs is 1. The number of aliphatic imine (C=N–C) groups is 1. The van der Waals surface area contributed by atoms with Gasteiger partial charge in [-0.2, -0.15) is 0 Å². The van der Waals surface area contributed by atoms with Crippen molar-refractivity contribution in [3.05, 3.63) is 23.8 Å². The number of nitrogens with zero attached hydrogens (tertiary/aromatic N) is 3. The smallest absolute Gasteiger partial charge is 0.262 e. The number of rotatable bonds is 3. The Labute approximate surface area is 146 Å². The van der Waals surface area contributed by atoms with Crippen LogP contribution in [0.2, 0.25) is 0 Å². The summed E-state index contributed by atoms with van der Waals surface area (Å²) in [7, 11) is 0. The van der Waals surface area contributed by atoms with Crippen LogP contribution in [0.4, 0.5) is 0 Å². The monoisotopic (exact) mass is 347 g/mol. The predicted molar refractivity (Wildman–Crippen MR) is 94.1 cm³/mol. The van der Waals surface area contributed by atoms with E-state index in [-0.39, 0.29) is 18.1 Å². The van der Waals surface area contributed by atoms with Crippen LogP contribution in [0, 0.1) is 0 Å². The second-order valence-corrected chi connectivity index (χ2v) is 6.77. The molecule has 1 amide bonds. The molecule has 0 spiro atoms. The summed E-state index contributed by atoms with van der Waals surface area (Å²) in [5.74, 6) is -0.0527. The molecule has 0 aromatic rings. The zero-order valence-corrected chi connectivity index (χ0v) is 14.3. The molecule has 3 heterocycles. The van der Waals surface area contributed by atoms with Crippen LogP contribution in [0.1, 0.15) is 12.8 Å². The highest BCUT2D eigenvalue weighted by Crippen LogP contribution is 2.23. The van der Waals surface area contributed by atoms with Gasteiger partial charge in [-0.05, 0) is 37.2 Å². The zero-order chi connectivity index (χ0) is 16.5. The average Bonchev–Trinajstić information content (AvgIpc) is 3.12. The molecule has 0 bridgehead atoms. The quantitative estimate of drug-likeness (QED) is 0.711. The molecule has 0 radical (unpaired) electrons. The van der Waals surface area contributed by atoms with Crippen molar-refractivity contribution < 1.29 is 14.3 Å². The highest BCUT2D eigenvalue weighted by atomic mass is 32.1. The fourth-order valence-corrected chi connectivity index (χ4v) is 3.78. The fourth-order valence-electron chi connectivity index (χ4n) is 3.52. The minimum absolute atomic E-state index is 0.0527.